The van der Waals surface area contributed by atoms with Gasteiger partial charge < -0.3 is 20.5 Å². The summed E-state index contributed by atoms with van der Waals surface area (Å²) in [5.41, 5.74) is 8.94. The summed E-state index contributed by atoms with van der Waals surface area (Å²) in [7, 11) is 1.61. The highest BCUT2D eigenvalue weighted by atomic mass is 16.5. The van der Waals surface area contributed by atoms with Crippen LogP contribution in [0.25, 0.3) is 0 Å². The van der Waals surface area contributed by atoms with Crippen LogP contribution >= 0.6 is 0 Å². The molecule has 3 N–H and O–H groups in total. The molecule has 0 atom stereocenters. The molecule has 0 heterocycles. The van der Waals surface area contributed by atoms with Crippen LogP contribution in [-0.2, 0) is 6.54 Å². The molecular formula is C23H31N3O2. The average molecular weight is 382 g/mol. The van der Waals surface area contributed by atoms with Gasteiger partial charge in [-0.1, -0.05) is 39.2 Å². The highest BCUT2D eigenvalue weighted by Gasteiger charge is 2.11. The summed E-state index contributed by atoms with van der Waals surface area (Å²) in [5, 5.41) is 3.36. The van der Waals surface area contributed by atoms with Crippen molar-refractivity contribution in [3.8, 4) is 23.8 Å². The van der Waals surface area contributed by atoms with E-state index in [0.717, 1.165) is 35.3 Å². The number of terminal acetylenes is 1. The maximum absolute atomic E-state index is 5.87. The van der Waals surface area contributed by atoms with Crippen molar-refractivity contribution in [2.75, 3.05) is 19.0 Å². The molecule has 0 aliphatic heterocycles. The normalized spacial score (nSPS) is 9.96. The van der Waals surface area contributed by atoms with Gasteiger partial charge in [-0.3, -0.25) is 0 Å². The maximum Gasteiger partial charge on any atom is 0.162 e. The van der Waals surface area contributed by atoms with E-state index in [9.17, 15) is 0 Å². The lowest BCUT2D eigenvalue weighted by molar-refractivity contribution is 0.288. The van der Waals surface area contributed by atoms with Gasteiger partial charge in [0.25, 0.3) is 0 Å². The second-order valence-electron chi connectivity index (χ2n) is 5.69. The van der Waals surface area contributed by atoms with E-state index in [0.29, 0.717) is 24.7 Å². The van der Waals surface area contributed by atoms with Crippen LogP contribution in [0.2, 0.25) is 0 Å². The lowest BCUT2D eigenvalue weighted by Crippen LogP contribution is -2.04. The Morgan fingerprint density at radius 2 is 2.00 bits per heavy atom. The quantitative estimate of drug-likeness (QED) is 0.274. The van der Waals surface area contributed by atoms with Gasteiger partial charge in [0.15, 0.2) is 11.5 Å². The monoisotopic (exact) mass is 381 g/mol. The van der Waals surface area contributed by atoms with Crippen LogP contribution in [0.15, 0.2) is 41.4 Å². The fourth-order valence-electron chi connectivity index (χ4n) is 2.45. The highest BCUT2D eigenvalue weighted by molar-refractivity contribution is 5.65. The molecular weight excluding hydrogens is 350 g/mol. The molecule has 5 nitrogen and oxygen atoms in total. The van der Waals surface area contributed by atoms with Crippen molar-refractivity contribution in [3.05, 3.63) is 47.5 Å². The van der Waals surface area contributed by atoms with E-state index in [-0.39, 0.29) is 0 Å². The van der Waals surface area contributed by atoms with E-state index in [1.54, 1.807) is 7.11 Å². The second kappa shape index (κ2) is 13.1. The molecule has 2 rings (SSSR count). The lowest BCUT2D eigenvalue weighted by atomic mass is 10.1. The molecule has 0 aliphatic carbocycles. The van der Waals surface area contributed by atoms with E-state index < -0.39 is 0 Å². The van der Waals surface area contributed by atoms with Crippen molar-refractivity contribution in [2.45, 2.75) is 40.2 Å². The predicted octanol–water partition coefficient (Wildman–Crippen LogP) is 5.11. The molecule has 0 fully saturated rings. The van der Waals surface area contributed by atoms with E-state index in [1.165, 1.54) is 6.34 Å². The first-order valence-corrected chi connectivity index (χ1v) is 9.60. The molecule has 5 heteroatoms. The summed E-state index contributed by atoms with van der Waals surface area (Å²) in [4.78, 5) is 4.24. The summed E-state index contributed by atoms with van der Waals surface area (Å²) >= 11 is 0. The second-order valence-corrected chi connectivity index (χ2v) is 5.69. The topological polar surface area (TPSA) is 68.9 Å². The van der Waals surface area contributed by atoms with Gasteiger partial charge >= 0.3 is 0 Å². The van der Waals surface area contributed by atoms with Gasteiger partial charge in [0.05, 0.1) is 25.7 Å². The predicted molar refractivity (Wildman–Crippen MR) is 119 cm³/mol. The number of nitrogens with zero attached hydrogens (tertiary/aromatic N) is 1. The van der Waals surface area contributed by atoms with Crippen LogP contribution in [0.3, 0.4) is 0 Å². The van der Waals surface area contributed by atoms with Crippen LogP contribution in [0.1, 0.15) is 44.7 Å². The molecule has 0 saturated heterocycles. The summed E-state index contributed by atoms with van der Waals surface area (Å²) in [6.07, 6.45) is 8.78. The number of unbranched alkanes of at least 4 members (excludes halogenated alkanes) is 1. The van der Waals surface area contributed by atoms with Gasteiger partial charge in [-0.15, -0.1) is 6.42 Å². The molecule has 0 saturated carbocycles. The van der Waals surface area contributed by atoms with Crippen LogP contribution in [-0.4, -0.2) is 20.1 Å². The van der Waals surface area contributed by atoms with Gasteiger partial charge in [-0.05, 0) is 30.7 Å². The summed E-state index contributed by atoms with van der Waals surface area (Å²) in [5.74, 6) is 3.97. The van der Waals surface area contributed by atoms with E-state index in [1.807, 2.05) is 50.2 Å². The molecule has 28 heavy (non-hydrogen) atoms. The third kappa shape index (κ3) is 6.88. The summed E-state index contributed by atoms with van der Waals surface area (Å²) in [6, 6.07) is 11.5. The number of nitrogens with one attached hydrogen (secondary N) is 1. The Morgan fingerprint density at radius 3 is 2.64 bits per heavy atom. The number of rotatable bonds is 9. The number of methoxy groups -OCH3 is 1. The summed E-state index contributed by atoms with van der Waals surface area (Å²) in [6.45, 7) is 7.32. The third-order valence-electron chi connectivity index (χ3n) is 3.85. The van der Waals surface area contributed by atoms with E-state index >= 15 is 0 Å². The zero-order valence-electron chi connectivity index (χ0n) is 17.3. The Bertz CT molecular complexity index is 795. The number of hydrogen-bond donors (Lipinski definition) is 2. The molecule has 150 valence electrons. The lowest BCUT2D eigenvalue weighted by Gasteiger charge is -2.15. The Kier molecular flexibility index (Phi) is 10.7. The first kappa shape index (κ1) is 22.9. The van der Waals surface area contributed by atoms with Crippen molar-refractivity contribution in [3.63, 3.8) is 0 Å². The highest BCUT2D eigenvalue weighted by Crippen LogP contribution is 2.35. The van der Waals surface area contributed by atoms with Gasteiger partial charge in [0.1, 0.15) is 0 Å². The van der Waals surface area contributed by atoms with Crippen molar-refractivity contribution in [1.29, 1.82) is 0 Å². The average Bonchev–Trinajstić information content (AvgIpc) is 2.75. The number of anilines is 1. The van der Waals surface area contributed by atoms with Crippen LogP contribution in [0.4, 0.5) is 11.4 Å². The first-order valence-electron chi connectivity index (χ1n) is 9.60. The van der Waals surface area contributed by atoms with E-state index in [4.69, 9.17) is 21.6 Å². The van der Waals surface area contributed by atoms with Crippen molar-refractivity contribution in [2.24, 2.45) is 10.7 Å². The fourth-order valence-corrected chi connectivity index (χ4v) is 2.45. The van der Waals surface area contributed by atoms with Crippen LogP contribution < -0.4 is 20.5 Å². The van der Waals surface area contributed by atoms with Crippen LogP contribution in [0.5, 0.6) is 11.5 Å². The van der Waals surface area contributed by atoms with Crippen molar-refractivity contribution in [1.82, 2.24) is 0 Å². The van der Waals surface area contributed by atoms with Gasteiger partial charge in [-0.25, -0.2) is 4.99 Å². The molecule has 0 bridgehead atoms. The standard InChI is InChI=1S/C21H25N3O2.C2H6/c1-4-6-10-26-21-12-17(19(24-15-22)13-20(21)25-3)14-23-18-9-7-8-16(5-2)11-18;1-2/h2,7-9,11-13,15,23H,4,6,10,14H2,1,3H3,(H2,22,24);1-2H3. The number of nitrogens with two attached hydrogens (primary N) is 1. The molecule has 0 spiro atoms. The number of hydrogen-bond acceptors (Lipinski definition) is 4. The molecule has 2 aromatic rings. The fraction of sp³-hybridized carbons (Fsp3) is 0.348. The molecule has 0 aromatic heterocycles. The minimum atomic E-state index is 0.550. The third-order valence-corrected chi connectivity index (χ3v) is 3.85. The Hall–Kier alpha value is -3.13. The zero-order chi connectivity index (χ0) is 20.8. The zero-order valence-corrected chi connectivity index (χ0v) is 17.3. The smallest absolute Gasteiger partial charge is 0.162 e. The SMILES string of the molecule is C#Cc1cccc(NCc2cc(OCCCC)c(OC)cc2N=CN)c1.CC. The van der Waals surface area contributed by atoms with Crippen molar-refractivity contribution < 1.29 is 9.47 Å². The molecule has 0 amide bonds. The Morgan fingerprint density at radius 1 is 1.21 bits per heavy atom. The number of ether oxygens (including phenoxy) is 2. The van der Waals surface area contributed by atoms with Crippen LogP contribution in [0, 0.1) is 12.3 Å². The maximum atomic E-state index is 5.87. The summed E-state index contributed by atoms with van der Waals surface area (Å²) < 4.78 is 11.3. The Balaban J connectivity index is 0.00000190. The van der Waals surface area contributed by atoms with E-state index in [2.05, 4.69) is 23.2 Å². The van der Waals surface area contributed by atoms with Crippen molar-refractivity contribution >= 4 is 17.7 Å². The van der Waals surface area contributed by atoms with Gasteiger partial charge in [0, 0.05) is 29.4 Å². The first-order chi connectivity index (χ1) is 13.7. The van der Waals surface area contributed by atoms with Gasteiger partial charge in [0.2, 0.25) is 0 Å². The molecule has 0 unspecified atom stereocenters. The molecule has 2 aromatic carbocycles. The minimum Gasteiger partial charge on any atom is -0.493 e. The number of benzene rings is 2. The minimum absolute atomic E-state index is 0.550. The molecule has 0 aliphatic rings. The molecule has 0 radical (unpaired) electrons. The Labute approximate surface area is 169 Å². The largest absolute Gasteiger partial charge is 0.493 e. The number of aliphatic imine (C=N–C) groups is 1. The van der Waals surface area contributed by atoms with Gasteiger partial charge in [-0.2, -0.15) is 0 Å².